The Kier molecular flexibility index (Phi) is 6.80. The number of hydrogen-bond acceptors (Lipinski definition) is 4. The van der Waals surface area contributed by atoms with Gasteiger partial charge < -0.3 is 19.9 Å². The van der Waals surface area contributed by atoms with Gasteiger partial charge in [-0.3, -0.25) is 4.79 Å². The summed E-state index contributed by atoms with van der Waals surface area (Å²) < 4.78 is 10.3. The second kappa shape index (κ2) is 8.12. The summed E-state index contributed by atoms with van der Waals surface area (Å²) in [5.41, 5.74) is 0. The van der Waals surface area contributed by atoms with Crippen molar-refractivity contribution in [2.24, 2.45) is 0 Å². The van der Waals surface area contributed by atoms with Gasteiger partial charge in [-0.05, 0) is 19.3 Å². The molecule has 1 heterocycles. The van der Waals surface area contributed by atoms with Crippen LogP contribution in [0.25, 0.3) is 0 Å². The Morgan fingerprint density at radius 2 is 2.11 bits per heavy atom. The van der Waals surface area contributed by atoms with Crippen LogP contribution in [-0.4, -0.2) is 48.9 Å². The SMILES string of the molecule is CCCCC(COC)NC(=O)[C@@H]1CC[C@H](C(=O)O)O1. The van der Waals surface area contributed by atoms with Crippen molar-refractivity contribution < 1.29 is 24.2 Å². The number of aliphatic carboxylic acids is 1. The quantitative estimate of drug-likeness (QED) is 0.687. The first-order valence-corrected chi connectivity index (χ1v) is 6.76. The molecule has 0 bridgehead atoms. The Morgan fingerprint density at radius 1 is 1.42 bits per heavy atom. The van der Waals surface area contributed by atoms with Crippen LogP contribution in [-0.2, 0) is 19.1 Å². The monoisotopic (exact) mass is 273 g/mol. The molecule has 1 rings (SSSR count). The van der Waals surface area contributed by atoms with Crippen molar-refractivity contribution in [3.05, 3.63) is 0 Å². The highest BCUT2D eigenvalue weighted by Gasteiger charge is 2.35. The predicted octanol–water partition coefficient (Wildman–Crippen LogP) is 0.940. The van der Waals surface area contributed by atoms with E-state index in [1.165, 1.54) is 0 Å². The Balaban J connectivity index is 2.41. The Hall–Kier alpha value is -1.14. The zero-order chi connectivity index (χ0) is 14.3. The van der Waals surface area contributed by atoms with Crippen molar-refractivity contribution in [1.29, 1.82) is 0 Å². The summed E-state index contributed by atoms with van der Waals surface area (Å²) in [5.74, 6) is -1.24. The first-order chi connectivity index (χ1) is 9.08. The lowest BCUT2D eigenvalue weighted by Gasteiger charge is -2.20. The fraction of sp³-hybridized carbons (Fsp3) is 0.846. The first kappa shape index (κ1) is 15.9. The summed E-state index contributed by atoms with van der Waals surface area (Å²) >= 11 is 0. The minimum atomic E-state index is -1.00. The lowest BCUT2D eigenvalue weighted by atomic mass is 10.1. The van der Waals surface area contributed by atoms with Crippen LogP contribution >= 0.6 is 0 Å². The van der Waals surface area contributed by atoms with Crippen LogP contribution in [0, 0.1) is 0 Å². The minimum Gasteiger partial charge on any atom is -0.479 e. The summed E-state index contributed by atoms with van der Waals surface area (Å²) in [7, 11) is 1.59. The molecule has 2 N–H and O–H groups in total. The maximum Gasteiger partial charge on any atom is 0.332 e. The van der Waals surface area contributed by atoms with Gasteiger partial charge in [0.2, 0.25) is 5.91 Å². The molecule has 0 aromatic rings. The molecule has 3 atom stereocenters. The fourth-order valence-corrected chi connectivity index (χ4v) is 2.15. The normalized spacial score (nSPS) is 24.1. The molecule has 0 aromatic heterocycles. The topological polar surface area (TPSA) is 84.9 Å². The second-order valence-electron chi connectivity index (χ2n) is 4.83. The summed E-state index contributed by atoms with van der Waals surface area (Å²) in [6.07, 6.45) is 2.25. The van der Waals surface area contributed by atoms with Gasteiger partial charge in [-0.2, -0.15) is 0 Å². The van der Waals surface area contributed by atoms with E-state index in [-0.39, 0.29) is 11.9 Å². The molecule has 1 saturated heterocycles. The number of amides is 1. The van der Waals surface area contributed by atoms with Crippen LogP contribution in [0.15, 0.2) is 0 Å². The predicted molar refractivity (Wildman–Crippen MR) is 68.9 cm³/mol. The van der Waals surface area contributed by atoms with E-state index >= 15 is 0 Å². The molecule has 1 amide bonds. The molecule has 0 radical (unpaired) electrons. The maximum absolute atomic E-state index is 12.0. The van der Waals surface area contributed by atoms with Gasteiger partial charge in [0, 0.05) is 7.11 Å². The van der Waals surface area contributed by atoms with Gasteiger partial charge in [0.05, 0.1) is 12.6 Å². The van der Waals surface area contributed by atoms with Crippen LogP contribution in [0.5, 0.6) is 0 Å². The molecule has 6 nitrogen and oxygen atoms in total. The Bertz CT molecular complexity index is 307. The number of rotatable bonds is 8. The maximum atomic E-state index is 12.0. The molecule has 6 heteroatoms. The van der Waals surface area contributed by atoms with E-state index in [1.54, 1.807) is 7.11 Å². The van der Waals surface area contributed by atoms with Crippen LogP contribution in [0.1, 0.15) is 39.0 Å². The molecular weight excluding hydrogens is 250 g/mol. The molecule has 0 spiro atoms. The highest BCUT2D eigenvalue weighted by Crippen LogP contribution is 2.20. The molecule has 1 aliphatic rings. The van der Waals surface area contributed by atoms with Crippen LogP contribution in [0.3, 0.4) is 0 Å². The van der Waals surface area contributed by atoms with E-state index in [0.717, 1.165) is 19.3 Å². The van der Waals surface area contributed by atoms with Gasteiger partial charge >= 0.3 is 5.97 Å². The van der Waals surface area contributed by atoms with Crippen LogP contribution in [0.2, 0.25) is 0 Å². The number of unbranched alkanes of at least 4 members (excludes halogenated alkanes) is 1. The Labute approximate surface area is 113 Å². The minimum absolute atomic E-state index is 0.0371. The highest BCUT2D eigenvalue weighted by molar-refractivity contribution is 5.82. The molecule has 0 aliphatic carbocycles. The fourth-order valence-electron chi connectivity index (χ4n) is 2.15. The van der Waals surface area contributed by atoms with E-state index in [4.69, 9.17) is 14.6 Å². The number of carbonyl (C=O) groups excluding carboxylic acids is 1. The van der Waals surface area contributed by atoms with Crippen molar-refractivity contribution in [2.45, 2.75) is 57.3 Å². The number of nitrogens with one attached hydrogen (secondary N) is 1. The number of carbonyl (C=O) groups is 2. The van der Waals surface area contributed by atoms with Gasteiger partial charge in [0.15, 0.2) is 6.10 Å². The average Bonchev–Trinajstić information content (AvgIpc) is 2.86. The standard InChI is InChI=1S/C13H23NO5/c1-3-4-5-9(8-18-2)14-12(15)10-6-7-11(19-10)13(16)17/h9-11H,3-8H2,1-2H3,(H,14,15)(H,16,17)/t9?,10-,11+/m0/s1. The largest absolute Gasteiger partial charge is 0.479 e. The van der Waals surface area contributed by atoms with Crippen molar-refractivity contribution in [3.8, 4) is 0 Å². The zero-order valence-electron chi connectivity index (χ0n) is 11.6. The molecule has 1 aliphatic heterocycles. The number of ether oxygens (including phenoxy) is 2. The third-order valence-electron chi connectivity index (χ3n) is 3.21. The van der Waals surface area contributed by atoms with Gasteiger partial charge in [0.1, 0.15) is 6.10 Å². The van der Waals surface area contributed by atoms with E-state index in [9.17, 15) is 9.59 Å². The van der Waals surface area contributed by atoms with Gasteiger partial charge in [-0.15, -0.1) is 0 Å². The van der Waals surface area contributed by atoms with Crippen LogP contribution in [0.4, 0.5) is 0 Å². The highest BCUT2D eigenvalue weighted by atomic mass is 16.5. The van der Waals surface area contributed by atoms with Crippen molar-refractivity contribution >= 4 is 11.9 Å². The van der Waals surface area contributed by atoms with E-state index in [0.29, 0.717) is 19.4 Å². The summed E-state index contributed by atoms with van der Waals surface area (Å²) in [6, 6.07) is -0.0371. The van der Waals surface area contributed by atoms with Gasteiger partial charge in [0.25, 0.3) is 0 Å². The van der Waals surface area contributed by atoms with E-state index in [1.807, 2.05) is 0 Å². The third kappa shape index (κ3) is 5.16. The van der Waals surface area contributed by atoms with Gasteiger partial charge in [-0.1, -0.05) is 19.8 Å². The molecule has 110 valence electrons. The van der Waals surface area contributed by atoms with Crippen molar-refractivity contribution in [3.63, 3.8) is 0 Å². The number of carboxylic acid groups (broad SMARTS) is 1. The molecule has 0 aromatic carbocycles. The number of hydrogen-bond donors (Lipinski definition) is 2. The molecule has 0 saturated carbocycles. The average molecular weight is 273 g/mol. The molecular formula is C13H23NO5. The Morgan fingerprint density at radius 3 is 2.63 bits per heavy atom. The number of carboxylic acids is 1. The molecule has 19 heavy (non-hydrogen) atoms. The van der Waals surface area contributed by atoms with Gasteiger partial charge in [-0.25, -0.2) is 4.79 Å². The van der Waals surface area contributed by atoms with Crippen LogP contribution < -0.4 is 5.32 Å². The zero-order valence-corrected chi connectivity index (χ0v) is 11.6. The van der Waals surface area contributed by atoms with Crippen molar-refractivity contribution in [1.82, 2.24) is 5.32 Å². The number of methoxy groups -OCH3 is 1. The summed E-state index contributed by atoms with van der Waals surface area (Å²) in [4.78, 5) is 22.7. The summed E-state index contributed by atoms with van der Waals surface area (Å²) in [5, 5.41) is 11.7. The smallest absolute Gasteiger partial charge is 0.332 e. The summed E-state index contributed by atoms with van der Waals surface area (Å²) in [6.45, 7) is 2.55. The molecule has 1 unspecified atom stereocenters. The van der Waals surface area contributed by atoms with Crippen molar-refractivity contribution in [2.75, 3.05) is 13.7 Å². The first-order valence-electron chi connectivity index (χ1n) is 6.76. The lowest BCUT2D eigenvalue weighted by molar-refractivity contribution is -0.152. The second-order valence-corrected chi connectivity index (χ2v) is 4.83. The molecule has 1 fully saturated rings. The third-order valence-corrected chi connectivity index (χ3v) is 3.21. The lowest BCUT2D eigenvalue weighted by Crippen LogP contribution is -2.43. The van der Waals surface area contributed by atoms with E-state index < -0.39 is 18.2 Å². The van der Waals surface area contributed by atoms with E-state index in [2.05, 4.69) is 12.2 Å².